The van der Waals surface area contributed by atoms with Crippen LogP contribution in [0.3, 0.4) is 0 Å². The van der Waals surface area contributed by atoms with E-state index < -0.39 is 17.5 Å². The first-order chi connectivity index (χ1) is 9.95. The number of aryl methyl sites for hydroxylation is 1. The van der Waals surface area contributed by atoms with Gasteiger partial charge in [0.05, 0.1) is 0 Å². The van der Waals surface area contributed by atoms with E-state index in [0.717, 1.165) is 29.3 Å². The highest BCUT2D eigenvalue weighted by Crippen LogP contribution is 2.33. The Balaban J connectivity index is 2.00. The molecule has 3 nitrogen and oxygen atoms in total. The van der Waals surface area contributed by atoms with Crippen molar-refractivity contribution in [2.75, 3.05) is 17.2 Å². The van der Waals surface area contributed by atoms with E-state index in [2.05, 4.69) is 0 Å². The van der Waals surface area contributed by atoms with Gasteiger partial charge in [-0.1, -0.05) is 6.07 Å². The lowest BCUT2D eigenvalue weighted by Gasteiger charge is -2.18. The lowest BCUT2D eigenvalue weighted by atomic mass is 10.1. The van der Waals surface area contributed by atoms with Crippen molar-refractivity contribution < 1.29 is 13.6 Å². The van der Waals surface area contributed by atoms with Gasteiger partial charge in [0.2, 0.25) is 0 Å². The number of benzene rings is 2. The van der Waals surface area contributed by atoms with Crippen molar-refractivity contribution >= 4 is 17.3 Å². The van der Waals surface area contributed by atoms with Crippen LogP contribution in [0, 0.1) is 18.6 Å². The zero-order chi connectivity index (χ0) is 15.1. The molecule has 0 radical (unpaired) electrons. The van der Waals surface area contributed by atoms with Crippen molar-refractivity contribution in [3.05, 3.63) is 58.7 Å². The lowest BCUT2D eigenvalue weighted by molar-refractivity contribution is 0.0988. The van der Waals surface area contributed by atoms with Crippen LogP contribution in [0.15, 0.2) is 30.3 Å². The smallest absolute Gasteiger partial charge is 0.258 e. The highest BCUT2D eigenvalue weighted by molar-refractivity contribution is 6.07. The second kappa shape index (κ2) is 4.84. The molecule has 1 aliphatic heterocycles. The van der Waals surface area contributed by atoms with Crippen LogP contribution >= 0.6 is 0 Å². The van der Waals surface area contributed by atoms with E-state index in [4.69, 9.17) is 5.73 Å². The molecular formula is C16H14F2N2O. The number of carbonyl (C=O) groups excluding carboxylic acids is 1. The SMILES string of the molecule is Cc1cc2c(cc1N)N(C(=O)c1cc(F)cc(F)c1)CC2. The number of rotatable bonds is 1. The molecule has 1 heterocycles. The molecule has 1 amide bonds. The molecule has 0 spiro atoms. The van der Waals surface area contributed by atoms with Gasteiger partial charge in [0.15, 0.2) is 0 Å². The van der Waals surface area contributed by atoms with Gasteiger partial charge in [0.25, 0.3) is 5.91 Å². The summed E-state index contributed by atoms with van der Waals surface area (Å²) in [5, 5.41) is 0. The summed E-state index contributed by atoms with van der Waals surface area (Å²) in [7, 11) is 0. The zero-order valence-corrected chi connectivity index (χ0v) is 11.5. The largest absolute Gasteiger partial charge is 0.398 e. The van der Waals surface area contributed by atoms with E-state index in [1.54, 1.807) is 6.07 Å². The first-order valence-electron chi connectivity index (χ1n) is 6.62. The number of hydrogen-bond acceptors (Lipinski definition) is 2. The minimum atomic E-state index is -0.763. The van der Waals surface area contributed by atoms with Gasteiger partial charge < -0.3 is 10.6 Å². The third kappa shape index (κ3) is 2.35. The number of fused-ring (bicyclic) bond motifs is 1. The third-order valence-electron chi connectivity index (χ3n) is 3.72. The van der Waals surface area contributed by atoms with Crippen LogP contribution in [0.4, 0.5) is 20.2 Å². The minimum absolute atomic E-state index is 0.000466. The molecule has 5 heteroatoms. The number of nitrogens with zero attached hydrogens (tertiary/aromatic N) is 1. The second-order valence-electron chi connectivity index (χ2n) is 5.20. The Morgan fingerprint density at radius 2 is 1.81 bits per heavy atom. The van der Waals surface area contributed by atoms with Crippen LogP contribution in [0.1, 0.15) is 21.5 Å². The van der Waals surface area contributed by atoms with E-state index in [1.165, 1.54) is 4.90 Å². The number of halogens is 2. The Morgan fingerprint density at radius 3 is 2.48 bits per heavy atom. The van der Waals surface area contributed by atoms with Gasteiger partial charge in [-0.3, -0.25) is 4.79 Å². The standard InChI is InChI=1S/C16H14F2N2O/c1-9-4-10-2-3-20(15(10)8-14(9)19)16(21)11-5-12(17)7-13(18)6-11/h4-8H,2-3,19H2,1H3. The van der Waals surface area contributed by atoms with Crippen molar-refractivity contribution in [1.82, 2.24) is 0 Å². The fourth-order valence-corrected chi connectivity index (χ4v) is 2.62. The summed E-state index contributed by atoms with van der Waals surface area (Å²) in [4.78, 5) is 14.0. The molecule has 0 aromatic heterocycles. The molecule has 3 rings (SSSR count). The number of nitrogen functional groups attached to an aromatic ring is 1. The molecule has 0 saturated carbocycles. The number of carbonyl (C=O) groups is 1. The van der Waals surface area contributed by atoms with Gasteiger partial charge in [-0.15, -0.1) is 0 Å². The Bertz CT molecular complexity index is 723. The van der Waals surface area contributed by atoms with E-state index in [9.17, 15) is 13.6 Å². The van der Waals surface area contributed by atoms with Crippen molar-refractivity contribution in [1.29, 1.82) is 0 Å². The van der Waals surface area contributed by atoms with Crippen molar-refractivity contribution in [2.24, 2.45) is 0 Å². The fraction of sp³-hybridized carbons (Fsp3) is 0.188. The number of nitrogens with two attached hydrogens (primary N) is 1. The van der Waals surface area contributed by atoms with Crippen molar-refractivity contribution in [3.8, 4) is 0 Å². The summed E-state index contributed by atoms with van der Waals surface area (Å²) < 4.78 is 26.5. The van der Waals surface area contributed by atoms with Gasteiger partial charge in [-0.2, -0.15) is 0 Å². The third-order valence-corrected chi connectivity index (χ3v) is 3.72. The van der Waals surface area contributed by atoms with Crippen LogP contribution < -0.4 is 10.6 Å². The van der Waals surface area contributed by atoms with Gasteiger partial charge in [-0.05, 0) is 42.7 Å². The molecule has 0 fully saturated rings. The molecule has 0 aliphatic carbocycles. The van der Waals surface area contributed by atoms with Crippen molar-refractivity contribution in [2.45, 2.75) is 13.3 Å². The molecule has 2 aromatic carbocycles. The van der Waals surface area contributed by atoms with E-state index in [1.807, 2.05) is 13.0 Å². The Morgan fingerprint density at radius 1 is 1.14 bits per heavy atom. The highest BCUT2D eigenvalue weighted by Gasteiger charge is 2.26. The number of amides is 1. The highest BCUT2D eigenvalue weighted by atomic mass is 19.1. The fourth-order valence-electron chi connectivity index (χ4n) is 2.62. The topological polar surface area (TPSA) is 46.3 Å². The first kappa shape index (κ1) is 13.5. The van der Waals surface area contributed by atoms with Crippen LogP contribution in [0.2, 0.25) is 0 Å². The van der Waals surface area contributed by atoms with E-state index >= 15 is 0 Å². The number of anilines is 2. The Hall–Kier alpha value is -2.43. The molecule has 0 bridgehead atoms. The summed E-state index contributed by atoms with van der Waals surface area (Å²) >= 11 is 0. The van der Waals surface area contributed by atoms with Crippen LogP contribution in [-0.2, 0) is 6.42 Å². The predicted molar refractivity (Wildman–Crippen MR) is 77.3 cm³/mol. The monoisotopic (exact) mass is 288 g/mol. The van der Waals surface area contributed by atoms with E-state index in [-0.39, 0.29) is 5.56 Å². The molecule has 0 unspecified atom stereocenters. The second-order valence-corrected chi connectivity index (χ2v) is 5.20. The first-order valence-corrected chi connectivity index (χ1v) is 6.62. The summed E-state index contributed by atoms with van der Waals surface area (Å²) in [5.41, 5.74) is 9.17. The normalized spacial score (nSPS) is 13.4. The van der Waals surface area contributed by atoms with Crippen LogP contribution in [0.5, 0.6) is 0 Å². The number of hydrogen-bond donors (Lipinski definition) is 1. The molecule has 2 aromatic rings. The summed E-state index contributed by atoms with van der Waals surface area (Å²) in [6, 6.07) is 6.52. The molecule has 0 saturated heterocycles. The minimum Gasteiger partial charge on any atom is -0.398 e. The van der Waals surface area contributed by atoms with Gasteiger partial charge in [0, 0.05) is 29.5 Å². The Kier molecular flexibility index (Phi) is 3.12. The van der Waals surface area contributed by atoms with Crippen LogP contribution in [-0.4, -0.2) is 12.5 Å². The van der Waals surface area contributed by atoms with Gasteiger partial charge >= 0.3 is 0 Å². The molecule has 0 atom stereocenters. The molecule has 21 heavy (non-hydrogen) atoms. The van der Waals surface area contributed by atoms with Gasteiger partial charge in [-0.25, -0.2) is 8.78 Å². The zero-order valence-electron chi connectivity index (χ0n) is 11.5. The summed E-state index contributed by atoms with van der Waals surface area (Å²) in [5.74, 6) is -1.95. The van der Waals surface area contributed by atoms with Crippen LogP contribution in [0.25, 0.3) is 0 Å². The maximum atomic E-state index is 13.3. The maximum Gasteiger partial charge on any atom is 0.258 e. The van der Waals surface area contributed by atoms with Crippen molar-refractivity contribution in [3.63, 3.8) is 0 Å². The molecular weight excluding hydrogens is 274 g/mol. The molecule has 2 N–H and O–H groups in total. The molecule has 1 aliphatic rings. The summed E-state index contributed by atoms with van der Waals surface area (Å²) in [6.07, 6.45) is 0.708. The molecule has 108 valence electrons. The predicted octanol–water partition coefficient (Wildman–Crippen LogP) is 3.06. The average molecular weight is 288 g/mol. The summed E-state index contributed by atoms with van der Waals surface area (Å²) in [6.45, 7) is 2.39. The lowest BCUT2D eigenvalue weighted by Crippen LogP contribution is -2.29. The Labute approximate surface area is 121 Å². The quantitative estimate of drug-likeness (QED) is 0.820. The average Bonchev–Trinajstić information content (AvgIpc) is 2.80. The van der Waals surface area contributed by atoms with E-state index in [0.29, 0.717) is 24.3 Å². The van der Waals surface area contributed by atoms with Gasteiger partial charge in [0.1, 0.15) is 11.6 Å². The maximum absolute atomic E-state index is 13.3.